The lowest BCUT2D eigenvalue weighted by atomic mass is 10.2. The van der Waals surface area contributed by atoms with Gasteiger partial charge in [-0.3, -0.25) is 4.79 Å². The van der Waals surface area contributed by atoms with E-state index in [4.69, 9.17) is 23.1 Å². The number of aliphatic imine (C=N–C) groups is 1. The van der Waals surface area contributed by atoms with Gasteiger partial charge < -0.3 is 16.8 Å². The number of carbonyl (C=O) groups is 1. The Balaban J connectivity index is 0.00000256. The van der Waals surface area contributed by atoms with Gasteiger partial charge in [0.15, 0.2) is 5.96 Å². The molecular formula is C10H14Cl2N4O. The van der Waals surface area contributed by atoms with Gasteiger partial charge in [0, 0.05) is 12.1 Å². The predicted octanol–water partition coefficient (Wildman–Crippen LogP) is 1.61. The summed E-state index contributed by atoms with van der Waals surface area (Å²) in [6.07, 6.45) is 0. The first-order valence-electron chi connectivity index (χ1n) is 4.72. The fourth-order valence-corrected chi connectivity index (χ4v) is 1.35. The first-order chi connectivity index (χ1) is 7.54. The highest BCUT2D eigenvalue weighted by Crippen LogP contribution is 2.23. The van der Waals surface area contributed by atoms with Crippen LogP contribution in [-0.2, 0) is 0 Å². The average molecular weight is 277 g/mol. The van der Waals surface area contributed by atoms with Gasteiger partial charge in [0.1, 0.15) is 0 Å². The van der Waals surface area contributed by atoms with Gasteiger partial charge in [0.25, 0.3) is 5.91 Å². The Labute approximate surface area is 111 Å². The number of benzene rings is 1. The van der Waals surface area contributed by atoms with Crippen LogP contribution in [-0.4, -0.2) is 18.4 Å². The summed E-state index contributed by atoms with van der Waals surface area (Å²) in [4.78, 5) is 14.9. The number of hydrogen-bond acceptors (Lipinski definition) is 2. The fraction of sp³-hybridized carbons (Fsp3) is 0.200. The molecule has 0 aromatic heterocycles. The number of nitrogens with zero attached hydrogens (tertiary/aromatic N) is 1. The highest BCUT2D eigenvalue weighted by molar-refractivity contribution is 6.33. The number of anilines is 1. The van der Waals surface area contributed by atoms with Crippen molar-refractivity contribution < 1.29 is 4.79 Å². The summed E-state index contributed by atoms with van der Waals surface area (Å²) in [7, 11) is 0. The molecule has 7 heteroatoms. The van der Waals surface area contributed by atoms with E-state index in [1.165, 1.54) is 0 Å². The fourth-order valence-electron chi connectivity index (χ4n) is 1.17. The van der Waals surface area contributed by atoms with Crippen LogP contribution in [0.25, 0.3) is 0 Å². The van der Waals surface area contributed by atoms with Crippen molar-refractivity contribution in [2.75, 3.05) is 11.9 Å². The largest absolute Gasteiger partial charge is 0.384 e. The van der Waals surface area contributed by atoms with Crippen molar-refractivity contribution in [1.29, 1.82) is 0 Å². The van der Waals surface area contributed by atoms with Crippen LogP contribution < -0.4 is 16.8 Å². The second-order valence-electron chi connectivity index (χ2n) is 3.07. The summed E-state index contributed by atoms with van der Waals surface area (Å²) in [6.45, 7) is 2.64. The third-order valence-electron chi connectivity index (χ3n) is 1.81. The molecule has 0 aliphatic heterocycles. The van der Waals surface area contributed by atoms with Crippen molar-refractivity contribution in [3.8, 4) is 0 Å². The lowest BCUT2D eigenvalue weighted by molar-refractivity contribution is 0.100. The summed E-state index contributed by atoms with van der Waals surface area (Å²) in [5.74, 6) is -0.749. The maximum Gasteiger partial charge on any atom is 0.280 e. The number of hydrogen-bond donors (Lipinski definition) is 3. The van der Waals surface area contributed by atoms with Crippen LogP contribution in [0.5, 0.6) is 0 Å². The van der Waals surface area contributed by atoms with E-state index in [-0.39, 0.29) is 18.4 Å². The van der Waals surface area contributed by atoms with Gasteiger partial charge in [-0.05, 0) is 25.1 Å². The molecule has 0 spiro atoms. The Morgan fingerprint density at radius 2 is 2.12 bits per heavy atom. The van der Waals surface area contributed by atoms with Crippen LogP contribution >= 0.6 is 24.0 Å². The zero-order valence-corrected chi connectivity index (χ0v) is 10.8. The smallest absolute Gasteiger partial charge is 0.280 e. The average Bonchev–Trinajstić information content (AvgIpc) is 2.20. The number of amides is 1. The summed E-state index contributed by atoms with van der Waals surface area (Å²) in [5, 5.41) is 3.57. The normalized spacial score (nSPS) is 9.06. The third-order valence-corrected chi connectivity index (χ3v) is 2.14. The quantitative estimate of drug-likeness (QED) is 0.578. The van der Waals surface area contributed by atoms with Crippen molar-refractivity contribution in [3.63, 3.8) is 0 Å². The van der Waals surface area contributed by atoms with E-state index in [1.54, 1.807) is 18.2 Å². The molecule has 5 N–H and O–H groups in total. The lowest BCUT2D eigenvalue weighted by Crippen LogP contribution is -2.24. The highest BCUT2D eigenvalue weighted by Gasteiger charge is 2.07. The monoisotopic (exact) mass is 276 g/mol. The topological polar surface area (TPSA) is 93.5 Å². The first kappa shape index (κ1) is 15.5. The minimum Gasteiger partial charge on any atom is -0.384 e. The molecule has 17 heavy (non-hydrogen) atoms. The SMILES string of the molecule is CCNc1cc(C(=O)N=C(N)N)ccc1Cl.Cl. The molecule has 5 nitrogen and oxygen atoms in total. The van der Waals surface area contributed by atoms with E-state index in [0.29, 0.717) is 22.8 Å². The molecule has 0 unspecified atom stereocenters. The molecule has 0 saturated heterocycles. The van der Waals surface area contributed by atoms with E-state index in [9.17, 15) is 4.79 Å². The summed E-state index contributed by atoms with van der Waals surface area (Å²) < 4.78 is 0. The second kappa shape index (κ2) is 6.98. The summed E-state index contributed by atoms with van der Waals surface area (Å²) >= 11 is 5.93. The number of nitrogens with one attached hydrogen (secondary N) is 1. The molecule has 0 aliphatic rings. The van der Waals surface area contributed by atoms with E-state index in [2.05, 4.69) is 10.3 Å². The zero-order chi connectivity index (χ0) is 12.1. The molecule has 0 aliphatic carbocycles. The zero-order valence-electron chi connectivity index (χ0n) is 9.24. The van der Waals surface area contributed by atoms with E-state index >= 15 is 0 Å². The Kier molecular flexibility index (Phi) is 6.38. The number of carbonyl (C=O) groups excluding carboxylic acids is 1. The van der Waals surface area contributed by atoms with Crippen LogP contribution in [0.15, 0.2) is 23.2 Å². The van der Waals surface area contributed by atoms with Gasteiger partial charge in [-0.2, -0.15) is 4.99 Å². The second-order valence-corrected chi connectivity index (χ2v) is 3.47. The minimum atomic E-state index is -0.490. The van der Waals surface area contributed by atoms with Crippen molar-refractivity contribution in [2.45, 2.75) is 6.92 Å². The van der Waals surface area contributed by atoms with Crippen LogP contribution in [0.4, 0.5) is 5.69 Å². The predicted molar refractivity (Wildman–Crippen MR) is 73.0 cm³/mol. The number of guanidine groups is 1. The van der Waals surface area contributed by atoms with Gasteiger partial charge in [-0.25, -0.2) is 0 Å². The van der Waals surface area contributed by atoms with Gasteiger partial charge in [0.2, 0.25) is 0 Å². The highest BCUT2D eigenvalue weighted by atomic mass is 35.5. The third kappa shape index (κ3) is 4.50. The lowest BCUT2D eigenvalue weighted by Gasteiger charge is -2.06. The Bertz CT molecular complexity index is 430. The van der Waals surface area contributed by atoms with E-state index in [0.717, 1.165) is 0 Å². The molecule has 1 aromatic rings. The maximum absolute atomic E-state index is 11.5. The Hall–Kier alpha value is -1.46. The molecule has 0 fully saturated rings. The molecule has 1 amide bonds. The number of rotatable bonds is 3. The van der Waals surface area contributed by atoms with E-state index in [1.807, 2.05) is 6.92 Å². The van der Waals surface area contributed by atoms with Crippen LogP contribution in [0.2, 0.25) is 5.02 Å². The molecule has 0 saturated carbocycles. The van der Waals surface area contributed by atoms with Crippen molar-refractivity contribution in [2.24, 2.45) is 16.5 Å². The van der Waals surface area contributed by atoms with E-state index < -0.39 is 5.91 Å². The summed E-state index contributed by atoms with van der Waals surface area (Å²) in [6, 6.07) is 4.80. The molecule has 1 rings (SSSR count). The molecule has 94 valence electrons. The first-order valence-corrected chi connectivity index (χ1v) is 5.09. The molecule has 0 bridgehead atoms. The van der Waals surface area contributed by atoms with Crippen LogP contribution in [0, 0.1) is 0 Å². The van der Waals surface area contributed by atoms with Crippen LogP contribution in [0.1, 0.15) is 17.3 Å². The van der Waals surface area contributed by atoms with Gasteiger partial charge in [0.05, 0.1) is 10.7 Å². The molecule has 0 heterocycles. The van der Waals surface area contributed by atoms with Crippen molar-refractivity contribution in [1.82, 2.24) is 0 Å². The Morgan fingerprint density at radius 3 is 2.65 bits per heavy atom. The molecule has 0 radical (unpaired) electrons. The maximum atomic E-state index is 11.5. The number of halogens is 2. The minimum absolute atomic E-state index is 0. The standard InChI is InChI=1S/C10H13ClN4O.ClH/c1-2-14-8-5-6(3-4-7(8)11)9(16)15-10(12)13;/h3-5,14H,2H2,1H3,(H4,12,13,15,16);1H. The summed E-state index contributed by atoms with van der Waals surface area (Å²) in [5.41, 5.74) is 11.3. The molecular weight excluding hydrogens is 263 g/mol. The van der Waals surface area contributed by atoms with Crippen molar-refractivity contribution >= 4 is 41.6 Å². The van der Waals surface area contributed by atoms with Gasteiger partial charge in [-0.15, -0.1) is 12.4 Å². The Morgan fingerprint density at radius 1 is 1.47 bits per heavy atom. The molecule has 0 atom stereocenters. The van der Waals surface area contributed by atoms with Gasteiger partial charge >= 0.3 is 0 Å². The van der Waals surface area contributed by atoms with Crippen molar-refractivity contribution in [3.05, 3.63) is 28.8 Å². The van der Waals surface area contributed by atoms with Gasteiger partial charge in [-0.1, -0.05) is 11.6 Å². The van der Waals surface area contributed by atoms with Crippen LogP contribution in [0.3, 0.4) is 0 Å². The molecule has 1 aromatic carbocycles. The number of nitrogens with two attached hydrogens (primary N) is 2.